The number of anilines is 1. The number of hydrogen-bond donors (Lipinski definition) is 1. The number of amides is 1. The molecule has 2 aromatic carbocycles. The first-order chi connectivity index (χ1) is 12.6. The lowest BCUT2D eigenvalue weighted by Crippen LogP contribution is -2.14. The number of para-hydroxylation sites is 1. The smallest absolute Gasteiger partial charge is 0.259 e. The van der Waals surface area contributed by atoms with Gasteiger partial charge in [-0.2, -0.15) is 10.2 Å². The molecule has 0 aliphatic heterocycles. The molecule has 7 nitrogen and oxygen atoms in total. The van der Waals surface area contributed by atoms with Gasteiger partial charge in [0.05, 0.1) is 16.1 Å². The third-order valence-electron chi connectivity index (χ3n) is 3.41. The third-order valence-corrected chi connectivity index (χ3v) is 3.72. The van der Waals surface area contributed by atoms with Gasteiger partial charge in [0.15, 0.2) is 6.61 Å². The Labute approximate surface area is 154 Å². The van der Waals surface area contributed by atoms with Gasteiger partial charge in [-0.3, -0.25) is 4.79 Å². The molecule has 0 radical (unpaired) electrons. The maximum atomic E-state index is 12.6. The van der Waals surface area contributed by atoms with Crippen molar-refractivity contribution < 1.29 is 14.1 Å². The summed E-state index contributed by atoms with van der Waals surface area (Å²) in [7, 11) is 0. The highest BCUT2D eigenvalue weighted by atomic mass is 35.5. The second kappa shape index (κ2) is 7.68. The number of ether oxygens (including phenoxy) is 1. The van der Waals surface area contributed by atoms with Crippen molar-refractivity contribution in [3.05, 3.63) is 70.3 Å². The minimum absolute atomic E-state index is 0.0737. The van der Waals surface area contributed by atoms with Crippen LogP contribution in [0.4, 0.5) is 5.69 Å². The van der Waals surface area contributed by atoms with Gasteiger partial charge in [0.2, 0.25) is 11.7 Å². The largest absolute Gasteiger partial charge is 0.485 e. The molecule has 130 valence electrons. The van der Waals surface area contributed by atoms with Crippen LogP contribution in [0.1, 0.15) is 27.6 Å². The number of carbonyl (C=O) groups excluding carboxylic acids is 1. The minimum atomic E-state index is -0.370. The molecule has 8 heteroatoms. The summed E-state index contributed by atoms with van der Waals surface area (Å²) in [5.41, 5.74) is 1.15. The van der Waals surface area contributed by atoms with Crippen LogP contribution < -0.4 is 10.1 Å². The average molecular weight is 369 g/mol. The normalized spacial score (nSPS) is 10.2. The topological polar surface area (TPSA) is 101 Å². The van der Waals surface area contributed by atoms with E-state index in [1.807, 2.05) is 6.07 Å². The number of rotatable bonds is 5. The van der Waals surface area contributed by atoms with Crippen LogP contribution in [0.3, 0.4) is 0 Å². The number of nitrogens with zero attached hydrogens (tertiary/aromatic N) is 3. The quantitative estimate of drug-likeness (QED) is 0.736. The van der Waals surface area contributed by atoms with Crippen molar-refractivity contribution in [2.24, 2.45) is 0 Å². The van der Waals surface area contributed by atoms with Crippen LogP contribution in [0.15, 0.2) is 47.0 Å². The van der Waals surface area contributed by atoms with E-state index in [1.54, 1.807) is 43.3 Å². The molecule has 0 saturated carbocycles. The van der Waals surface area contributed by atoms with Gasteiger partial charge < -0.3 is 14.6 Å². The molecule has 0 atom stereocenters. The summed E-state index contributed by atoms with van der Waals surface area (Å²) < 4.78 is 10.5. The summed E-state index contributed by atoms with van der Waals surface area (Å²) in [6.07, 6.45) is 0. The lowest BCUT2D eigenvalue weighted by molar-refractivity contribution is 0.102. The van der Waals surface area contributed by atoms with Crippen molar-refractivity contribution in [2.45, 2.75) is 13.5 Å². The number of benzene rings is 2. The van der Waals surface area contributed by atoms with Gasteiger partial charge in [-0.1, -0.05) is 28.9 Å². The van der Waals surface area contributed by atoms with E-state index in [2.05, 4.69) is 15.5 Å². The third kappa shape index (κ3) is 3.99. The molecule has 1 amide bonds. The molecule has 3 aromatic rings. The van der Waals surface area contributed by atoms with Crippen molar-refractivity contribution in [2.75, 3.05) is 5.32 Å². The molecule has 0 spiro atoms. The Morgan fingerprint density at radius 3 is 2.85 bits per heavy atom. The Morgan fingerprint density at radius 2 is 2.15 bits per heavy atom. The second-order valence-electron chi connectivity index (χ2n) is 5.28. The highest BCUT2D eigenvalue weighted by Gasteiger charge is 2.14. The molecular formula is C18H13ClN4O3. The molecule has 1 heterocycles. The second-order valence-corrected chi connectivity index (χ2v) is 5.68. The maximum Gasteiger partial charge on any atom is 0.259 e. The number of carbonyl (C=O) groups is 1. The highest BCUT2D eigenvalue weighted by Crippen LogP contribution is 2.23. The summed E-state index contributed by atoms with van der Waals surface area (Å²) in [6.45, 7) is 1.75. The van der Waals surface area contributed by atoms with Crippen LogP contribution in [0.25, 0.3) is 0 Å². The van der Waals surface area contributed by atoms with Crippen LogP contribution in [0.2, 0.25) is 5.02 Å². The summed E-state index contributed by atoms with van der Waals surface area (Å²) in [5.74, 6) is 0.835. The fraction of sp³-hybridized carbons (Fsp3) is 0.111. The van der Waals surface area contributed by atoms with Gasteiger partial charge in [0.1, 0.15) is 11.8 Å². The van der Waals surface area contributed by atoms with Crippen molar-refractivity contribution in [1.82, 2.24) is 10.1 Å². The summed E-state index contributed by atoms with van der Waals surface area (Å²) in [4.78, 5) is 16.6. The van der Waals surface area contributed by atoms with Gasteiger partial charge in [-0.25, -0.2) is 0 Å². The minimum Gasteiger partial charge on any atom is -0.485 e. The van der Waals surface area contributed by atoms with Crippen LogP contribution >= 0.6 is 11.6 Å². The lowest BCUT2D eigenvalue weighted by atomic mass is 10.1. The molecule has 3 rings (SSSR count). The Kier molecular flexibility index (Phi) is 5.15. The van der Waals surface area contributed by atoms with Crippen LogP contribution in [0, 0.1) is 18.3 Å². The van der Waals surface area contributed by atoms with E-state index in [-0.39, 0.29) is 17.5 Å². The van der Waals surface area contributed by atoms with Gasteiger partial charge >= 0.3 is 0 Å². The number of hydrogen-bond acceptors (Lipinski definition) is 6. The van der Waals surface area contributed by atoms with Crippen LogP contribution in [0.5, 0.6) is 5.75 Å². The zero-order valence-corrected chi connectivity index (χ0v) is 14.4. The van der Waals surface area contributed by atoms with Crippen LogP contribution in [-0.2, 0) is 6.61 Å². The molecule has 1 N–H and O–H groups in total. The summed E-state index contributed by atoms with van der Waals surface area (Å²) >= 11 is 5.99. The Balaban J connectivity index is 1.75. The molecular weight excluding hydrogens is 356 g/mol. The molecule has 0 bridgehead atoms. The Morgan fingerprint density at radius 1 is 1.35 bits per heavy atom. The zero-order chi connectivity index (χ0) is 18.5. The Hall–Kier alpha value is -3.37. The first-order valence-electron chi connectivity index (χ1n) is 7.59. The van der Waals surface area contributed by atoms with Gasteiger partial charge in [-0.05, 0) is 30.3 Å². The standard InChI is InChI=1S/C18H13ClN4O3/c1-11-21-17(23-26-11)10-25-16-5-3-2-4-14(16)18(24)22-13-7-6-12(9-20)15(19)8-13/h2-8H,10H2,1H3,(H,22,24). The predicted octanol–water partition coefficient (Wildman–Crippen LogP) is 3.73. The number of aromatic nitrogens is 2. The van der Waals surface area contributed by atoms with Crippen molar-refractivity contribution in [3.8, 4) is 11.8 Å². The van der Waals surface area contributed by atoms with E-state index in [0.717, 1.165) is 0 Å². The Bertz CT molecular complexity index is 994. The fourth-order valence-electron chi connectivity index (χ4n) is 2.20. The number of halogens is 1. The molecule has 0 saturated heterocycles. The van der Waals surface area contributed by atoms with Crippen molar-refractivity contribution >= 4 is 23.2 Å². The molecule has 0 aliphatic rings. The van der Waals surface area contributed by atoms with E-state index in [1.165, 1.54) is 6.07 Å². The number of nitrogens with one attached hydrogen (secondary N) is 1. The SMILES string of the molecule is Cc1nc(COc2ccccc2C(=O)Nc2ccc(C#N)c(Cl)c2)no1. The van der Waals surface area contributed by atoms with Crippen molar-refractivity contribution in [3.63, 3.8) is 0 Å². The average Bonchev–Trinajstić information content (AvgIpc) is 3.05. The first-order valence-corrected chi connectivity index (χ1v) is 7.96. The van der Waals surface area contributed by atoms with E-state index in [9.17, 15) is 4.79 Å². The summed E-state index contributed by atoms with van der Waals surface area (Å²) in [6, 6.07) is 13.4. The fourth-order valence-corrected chi connectivity index (χ4v) is 2.43. The van der Waals surface area contributed by atoms with E-state index < -0.39 is 0 Å². The molecule has 1 aromatic heterocycles. The van der Waals surface area contributed by atoms with E-state index in [4.69, 9.17) is 26.1 Å². The van der Waals surface area contributed by atoms with Crippen molar-refractivity contribution in [1.29, 1.82) is 5.26 Å². The van der Waals surface area contributed by atoms with E-state index >= 15 is 0 Å². The number of nitriles is 1. The van der Waals surface area contributed by atoms with Gasteiger partial charge in [0, 0.05) is 12.6 Å². The lowest BCUT2D eigenvalue weighted by Gasteiger charge is -2.11. The molecule has 0 fully saturated rings. The van der Waals surface area contributed by atoms with Gasteiger partial charge in [-0.15, -0.1) is 0 Å². The molecule has 26 heavy (non-hydrogen) atoms. The monoisotopic (exact) mass is 368 g/mol. The molecule has 0 unspecified atom stereocenters. The maximum absolute atomic E-state index is 12.6. The predicted molar refractivity (Wildman–Crippen MR) is 93.9 cm³/mol. The summed E-state index contributed by atoms with van der Waals surface area (Å²) in [5, 5.41) is 15.6. The number of aryl methyl sites for hydroxylation is 1. The zero-order valence-electron chi connectivity index (χ0n) is 13.7. The van der Waals surface area contributed by atoms with Crippen LogP contribution in [-0.4, -0.2) is 16.0 Å². The first kappa shape index (κ1) is 17.5. The van der Waals surface area contributed by atoms with Gasteiger partial charge in [0.25, 0.3) is 5.91 Å². The van der Waals surface area contributed by atoms with E-state index in [0.29, 0.717) is 34.3 Å². The highest BCUT2D eigenvalue weighted by molar-refractivity contribution is 6.32. The molecule has 0 aliphatic carbocycles.